The van der Waals surface area contributed by atoms with Crippen LogP contribution in [0.1, 0.15) is 19.8 Å². The van der Waals surface area contributed by atoms with Crippen LogP contribution in [0.2, 0.25) is 0 Å². The Labute approximate surface area is 71.0 Å². The minimum Gasteiger partial charge on any atom is -0.276 e. The molecule has 60 valence electrons. The number of carbonyl (C=O) groups is 1. The molecule has 1 amide bonds. The van der Waals surface area contributed by atoms with Gasteiger partial charge in [-0.2, -0.15) is 0 Å². The van der Waals surface area contributed by atoms with Crippen molar-refractivity contribution in [2.45, 2.75) is 19.8 Å². The van der Waals surface area contributed by atoms with Crippen LogP contribution < -0.4 is 0 Å². The highest BCUT2D eigenvalue weighted by Gasteiger charge is 2.02. The summed E-state index contributed by atoms with van der Waals surface area (Å²) >= 11 is 6.63. The van der Waals surface area contributed by atoms with Crippen LogP contribution in [0.5, 0.6) is 0 Å². The Kier molecular flexibility index (Phi) is 5.93. The maximum atomic E-state index is 10.4. The van der Waals surface area contributed by atoms with E-state index in [1.807, 2.05) is 0 Å². The lowest BCUT2D eigenvalue weighted by molar-refractivity contribution is 0.251. The lowest BCUT2D eigenvalue weighted by Crippen LogP contribution is -2.11. The maximum absolute atomic E-state index is 10.4. The Morgan fingerprint density at radius 3 is 2.70 bits per heavy atom. The first-order chi connectivity index (χ1) is 4.68. The van der Waals surface area contributed by atoms with Gasteiger partial charge in [-0.3, -0.25) is 9.10 Å². The van der Waals surface area contributed by atoms with Crippen molar-refractivity contribution in [1.29, 1.82) is 0 Å². The van der Waals surface area contributed by atoms with E-state index < -0.39 is 5.37 Å². The van der Waals surface area contributed by atoms with E-state index in [0.717, 1.165) is 18.6 Å². The fourth-order valence-electron chi connectivity index (χ4n) is 0.397. The second-order valence-corrected chi connectivity index (χ2v) is 3.47. The van der Waals surface area contributed by atoms with Gasteiger partial charge in [0, 0.05) is 12.8 Å². The average molecular weight is 182 g/mol. The molecule has 0 N–H and O–H groups in total. The summed E-state index contributed by atoms with van der Waals surface area (Å²) in [7, 11) is 1.68. The number of rotatable bonds is 4. The molecule has 0 radical (unpaired) electrons. The highest BCUT2D eigenvalue weighted by molar-refractivity contribution is 7.97. The van der Waals surface area contributed by atoms with Gasteiger partial charge in [0.25, 0.3) is 0 Å². The predicted octanol–water partition coefficient (Wildman–Crippen LogP) is 2.73. The van der Waals surface area contributed by atoms with E-state index in [4.69, 9.17) is 11.6 Å². The number of hydrogen-bond donors (Lipinski definition) is 0. The van der Waals surface area contributed by atoms with Gasteiger partial charge in [-0.15, -0.1) is 0 Å². The molecule has 0 aliphatic heterocycles. The third kappa shape index (κ3) is 4.94. The van der Waals surface area contributed by atoms with Crippen molar-refractivity contribution in [3.8, 4) is 0 Å². The van der Waals surface area contributed by atoms with Gasteiger partial charge in [0.05, 0.1) is 0 Å². The quantitative estimate of drug-likeness (QED) is 0.288. The Morgan fingerprint density at radius 2 is 2.30 bits per heavy atom. The zero-order chi connectivity index (χ0) is 7.98. The summed E-state index contributed by atoms with van der Waals surface area (Å²) in [6.07, 6.45) is 2.27. The molecule has 0 unspecified atom stereocenters. The molecular formula is C6H12ClNOS. The molecule has 0 aromatic rings. The van der Waals surface area contributed by atoms with Crippen molar-refractivity contribution in [2.24, 2.45) is 0 Å². The lowest BCUT2D eigenvalue weighted by Gasteiger charge is -2.10. The summed E-state index contributed by atoms with van der Waals surface area (Å²) in [6, 6.07) is 0. The van der Waals surface area contributed by atoms with Crippen molar-refractivity contribution in [3.05, 3.63) is 0 Å². The Hall–Kier alpha value is 0.110. The number of amides is 1. The monoisotopic (exact) mass is 181 g/mol. The molecule has 0 aromatic heterocycles. The number of halogens is 1. The zero-order valence-electron chi connectivity index (χ0n) is 6.26. The fourth-order valence-corrected chi connectivity index (χ4v) is 1.34. The number of hydrogen-bond acceptors (Lipinski definition) is 2. The first kappa shape index (κ1) is 10.1. The molecule has 0 aromatic carbocycles. The van der Waals surface area contributed by atoms with E-state index in [1.165, 1.54) is 16.3 Å². The topological polar surface area (TPSA) is 20.3 Å². The highest BCUT2D eigenvalue weighted by atomic mass is 35.5. The van der Waals surface area contributed by atoms with Gasteiger partial charge < -0.3 is 0 Å². The zero-order valence-corrected chi connectivity index (χ0v) is 7.84. The largest absolute Gasteiger partial charge is 0.326 e. The molecule has 2 nitrogen and oxygen atoms in total. The summed E-state index contributed by atoms with van der Waals surface area (Å²) < 4.78 is 1.44. The normalized spacial score (nSPS) is 9.50. The van der Waals surface area contributed by atoms with E-state index in [0.29, 0.717) is 0 Å². The Morgan fingerprint density at radius 1 is 1.70 bits per heavy atom. The van der Waals surface area contributed by atoms with Gasteiger partial charge in [-0.05, 0) is 30.0 Å². The van der Waals surface area contributed by atoms with Gasteiger partial charge in [-0.25, -0.2) is 0 Å². The minimum absolute atomic E-state index is 0.402. The molecule has 0 atom stereocenters. The van der Waals surface area contributed by atoms with Gasteiger partial charge in [0.15, 0.2) is 0 Å². The van der Waals surface area contributed by atoms with E-state index in [-0.39, 0.29) is 0 Å². The summed E-state index contributed by atoms with van der Waals surface area (Å²) in [5.74, 6) is 0.964. The van der Waals surface area contributed by atoms with E-state index in [1.54, 1.807) is 7.05 Å². The molecular weight excluding hydrogens is 170 g/mol. The van der Waals surface area contributed by atoms with Crippen molar-refractivity contribution < 1.29 is 4.79 Å². The molecule has 0 aliphatic carbocycles. The average Bonchev–Trinajstić information content (AvgIpc) is 1.88. The van der Waals surface area contributed by atoms with Gasteiger partial charge in [0.1, 0.15) is 0 Å². The van der Waals surface area contributed by atoms with Gasteiger partial charge in [-0.1, -0.05) is 13.3 Å². The predicted molar refractivity (Wildman–Crippen MR) is 46.4 cm³/mol. The molecule has 0 saturated carbocycles. The number of unbranched alkanes of at least 4 members (excludes halogenated alkanes) is 1. The van der Waals surface area contributed by atoms with E-state index >= 15 is 0 Å². The maximum Gasteiger partial charge on any atom is 0.326 e. The van der Waals surface area contributed by atoms with Crippen molar-refractivity contribution >= 4 is 28.9 Å². The summed E-state index contributed by atoms with van der Waals surface area (Å²) in [5.41, 5.74) is 0. The van der Waals surface area contributed by atoms with Gasteiger partial charge >= 0.3 is 5.37 Å². The minimum atomic E-state index is -0.402. The number of carbonyl (C=O) groups excluding carboxylic acids is 1. The smallest absolute Gasteiger partial charge is 0.276 e. The molecule has 0 spiro atoms. The molecule has 0 heterocycles. The Balaban J connectivity index is 3.21. The standard InChI is InChI=1S/C6H12ClNOS/c1-3-4-5-10-8(2)6(7)9/h3-5H2,1-2H3. The molecule has 4 heteroatoms. The fraction of sp³-hybridized carbons (Fsp3) is 0.833. The van der Waals surface area contributed by atoms with Crippen LogP contribution >= 0.6 is 23.5 Å². The third-order valence-corrected chi connectivity index (χ3v) is 2.41. The summed E-state index contributed by atoms with van der Waals surface area (Å²) in [6.45, 7) is 2.11. The molecule has 10 heavy (non-hydrogen) atoms. The molecule has 0 bridgehead atoms. The lowest BCUT2D eigenvalue weighted by atomic mass is 10.4. The Bertz CT molecular complexity index is 110. The van der Waals surface area contributed by atoms with Crippen LogP contribution in [-0.2, 0) is 0 Å². The van der Waals surface area contributed by atoms with Crippen molar-refractivity contribution in [2.75, 3.05) is 12.8 Å². The van der Waals surface area contributed by atoms with E-state index in [2.05, 4.69) is 6.92 Å². The SMILES string of the molecule is CCCCSN(C)C(=O)Cl. The van der Waals surface area contributed by atoms with Crippen LogP contribution in [0.25, 0.3) is 0 Å². The highest BCUT2D eigenvalue weighted by Crippen LogP contribution is 2.11. The third-order valence-electron chi connectivity index (χ3n) is 1.03. The molecule has 0 fully saturated rings. The van der Waals surface area contributed by atoms with Crippen molar-refractivity contribution in [1.82, 2.24) is 4.31 Å². The van der Waals surface area contributed by atoms with Gasteiger partial charge in [0.2, 0.25) is 0 Å². The molecule has 0 aliphatic rings. The van der Waals surface area contributed by atoms with E-state index in [9.17, 15) is 4.79 Å². The molecule has 0 rings (SSSR count). The van der Waals surface area contributed by atoms with Crippen molar-refractivity contribution in [3.63, 3.8) is 0 Å². The first-order valence-electron chi connectivity index (χ1n) is 3.24. The molecule has 0 saturated heterocycles. The summed E-state index contributed by atoms with van der Waals surface area (Å²) in [5, 5.41) is -0.402. The van der Waals surface area contributed by atoms with Crippen LogP contribution in [0, 0.1) is 0 Å². The van der Waals surface area contributed by atoms with Crippen LogP contribution in [-0.4, -0.2) is 22.5 Å². The van der Waals surface area contributed by atoms with Crippen LogP contribution in [0.15, 0.2) is 0 Å². The second kappa shape index (κ2) is 5.86. The first-order valence-corrected chi connectivity index (χ1v) is 4.56. The summed E-state index contributed by atoms with van der Waals surface area (Å²) in [4.78, 5) is 10.4. The second-order valence-electron chi connectivity index (χ2n) is 1.94. The van der Waals surface area contributed by atoms with Crippen LogP contribution in [0.4, 0.5) is 4.79 Å². The number of nitrogens with zero attached hydrogens (tertiary/aromatic N) is 1. The van der Waals surface area contributed by atoms with Crippen LogP contribution in [0.3, 0.4) is 0 Å².